The SMILES string of the molecule is CN(Cc1ccccc1)C(=O)C(O)Cc1ccccc1. The lowest BCUT2D eigenvalue weighted by Gasteiger charge is -2.20. The Morgan fingerprint density at radius 1 is 1.00 bits per heavy atom. The number of amides is 1. The van der Waals surface area contributed by atoms with Crippen LogP contribution < -0.4 is 0 Å². The molecule has 2 rings (SSSR count). The summed E-state index contributed by atoms with van der Waals surface area (Å²) in [7, 11) is 1.71. The summed E-state index contributed by atoms with van der Waals surface area (Å²) in [5.41, 5.74) is 2.01. The van der Waals surface area contributed by atoms with Crippen LogP contribution in [-0.4, -0.2) is 29.1 Å². The molecular weight excluding hydrogens is 250 g/mol. The van der Waals surface area contributed by atoms with Gasteiger partial charge in [0.2, 0.25) is 0 Å². The van der Waals surface area contributed by atoms with E-state index < -0.39 is 6.10 Å². The lowest BCUT2D eigenvalue weighted by Crippen LogP contribution is -2.37. The third-order valence-electron chi connectivity index (χ3n) is 3.20. The van der Waals surface area contributed by atoms with Gasteiger partial charge in [0.1, 0.15) is 6.10 Å². The summed E-state index contributed by atoms with van der Waals surface area (Å²) in [6.45, 7) is 0.505. The van der Waals surface area contributed by atoms with Crippen LogP contribution in [0, 0.1) is 0 Å². The standard InChI is InChI=1S/C17H19NO2/c1-18(13-15-10-6-3-7-11-15)17(20)16(19)12-14-8-4-2-5-9-14/h2-11,16,19H,12-13H2,1H3. The van der Waals surface area contributed by atoms with E-state index in [1.807, 2.05) is 60.7 Å². The van der Waals surface area contributed by atoms with Crippen molar-refractivity contribution in [1.29, 1.82) is 0 Å². The molecule has 1 amide bonds. The molecule has 0 bridgehead atoms. The van der Waals surface area contributed by atoms with Gasteiger partial charge in [0, 0.05) is 20.0 Å². The Kier molecular flexibility index (Phi) is 4.91. The van der Waals surface area contributed by atoms with Gasteiger partial charge in [-0.15, -0.1) is 0 Å². The normalized spacial score (nSPS) is 11.9. The minimum absolute atomic E-state index is 0.252. The second-order valence-corrected chi connectivity index (χ2v) is 4.89. The number of hydrogen-bond acceptors (Lipinski definition) is 2. The molecule has 0 fully saturated rings. The second kappa shape index (κ2) is 6.87. The quantitative estimate of drug-likeness (QED) is 0.904. The molecule has 20 heavy (non-hydrogen) atoms. The summed E-state index contributed by atoms with van der Waals surface area (Å²) in [4.78, 5) is 13.7. The summed E-state index contributed by atoms with van der Waals surface area (Å²) in [6.07, 6.45) is -0.648. The number of carbonyl (C=O) groups is 1. The molecule has 0 heterocycles. The maximum atomic E-state index is 12.1. The lowest BCUT2D eigenvalue weighted by molar-refractivity contribution is -0.139. The zero-order chi connectivity index (χ0) is 14.4. The van der Waals surface area contributed by atoms with Crippen molar-refractivity contribution in [1.82, 2.24) is 4.90 Å². The first-order valence-corrected chi connectivity index (χ1v) is 6.67. The molecule has 0 saturated heterocycles. The third kappa shape index (κ3) is 3.93. The number of carbonyl (C=O) groups excluding carboxylic acids is 1. The van der Waals surface area contributed by atoms with Gasteiger partial charge in [0.05, 0.1) is 0 Å². The van der Waals surface area contributed by atoms with Gasteiger partial charge >= 0.3 is 0 Å². The molecular formula is C17H19NO2. The Morgan fingerprint density at radius 2 is 1.50 bits per heavy atom. The highest BCUT2D eigenvalue weighted by molar-refractivity contribution is 5.80. The van der Waals surface area contributed by atoms with E-state index in [-0.39, 0.29) is 5.91 Å². The number of hydrogen-bond donors (Lipinski definition) is 1. The van der Waals surface area contributed by atoms with Crippen LogP contribution in [0.5, 0.6) is 0 Å². The highest BCUT2D eigenvalue weighted by atomic mass is 16.3. The van der Waals surface area contributed by atoms with Crippen molar-refractivity contribution in [2.45, 2.75) is 19.1 Å². The first-order chi connectivity index (χ1) is 9.66. The van der Waals surface area contributed by atoms with E-state index in [4.69, 9.17) is 0 Å². The summed E-state index contributed by atoms with van der Waals surface area (Å²) in [5.74, 6) is -0.252. The molecule has 1 N–H and O–H groups in total. The molecule has 0 aliphatic carbocycles. The van der Waals surface area contributed by atoms with E-state index in [1.165, 1.54) is 0 Å². The molecule has 3 heteroatoms. The van der Waals surface area contributed by atoms with Crippen molar-refractivity contribution in [3.63, 3.8) is 0 Å². The fourth-order valence-electron chi connectivity index (χ4n) is 2.11. The maximum absolute atomic E-state index is 12.1. The number of nitrogens with zero attached hydrogens (tertiary/aromatic N) is 1. The molecule has 0 aliphatic heterocycles. The Labute approximate surface area is 119 Å². The second-order valence-electron chi connectivity index (χ2n) is 4.89. The number of aliphatic hydroxyl groups is 1. The van der Waals surface area contributed by atoms with E-state index in [1.54, 1.807) is 11.9 Å². The molecule has 0 spiro atoms. The van der Waals surface area contributed by atoms with Gasteiger partial charge in [-0.1, -0.05) is 60.7 Å². The van der Waals surface area contributed by atoms with Crippen molar-refractivity contribution in [2.24, 2.45) is 0 Å². The summed E-state index contributed by atoms with van der Waals surface area (Å²) in [6, 6.07) is 19.3. The van der Waals surface area contributed by atoms with Gasteiger partial charge < -0.3 is 10.0 Å². The largest absolute Gasteiger partial charge is 0.383 e. The number of benzene rings is 2. The zero-order valence-corrected chi connectivity index (χ0v) is 11.6. The summed E-state index contributed by atoms with van der Waals surface area (Å²) >= 11 is 0. The third-order valence-corrected chi connectivity index (χ3v) is 3.20. The Morgan fingerprint density at radius 3 is 2.05 bits per heavy atom. The molecule has 104 valence electrons. The van der Waals surface area contributed by atoms with Crippen LogP contribution in [0.4, 0.5) is 0 Å². The van der Waals surface area contributed by atoms with Gasteiger partial charge in [-0.2, -0.15) is 0 Å². The van der Waals surface area contributed by atoms with E-state index in [9.17, 15) is 9.90 Å². The average molecular weight is 269 g/mol. The van der Waals surface area contributed by atoms with Crippen LogP contribution in [0.15, 0.2) is 60.7 Å². The molecule has 0 aliphatic rings. The first-order valence-electron chi connectivity index (χ1n) is 6.67. The minimum atomic E-state index is -0.994. The molecule has 1 atom stereocenters. The Balaban J connectivity index is 1.93. The average Bonchev–Trinajstić information content (AvgIpc) is 2.48. The van der Waals surface area contributed by atoms with Crippen molar-refractivity contribution in [3.05, 3.63) is 71.8 Å². The van der Waals surface area contributed by atoms with Crippen LogP contribution >= 0.6 is 0 Å². The fraction of sp³-hybridized carbons (Fsp3) is 0.235. The van der Waals surface area contributed by atoms with Crippen LogP contribution in [0.1, 0.15) is 11.1 Å². The van der Waals surface area contributed by atoms with E-state index in [0.717, 1.165) is 11.1 Å². The molecule has 0 saturated carbocycles. The van der Waals surface area contributed by atoms with Gasteiger partial charge in [0.25, 0.3) is 5.91 Å². The molecule has 2 aromatic carbocycles. The highest BCUT2D eigenvalue weighted by Crippen LogP contribution is 2.08. The summed E-state index contributed by atoms with van der Waals surface area (Å²) < 4.78 is 0. The first kappa shape index (κ1) is 14.3. The van der Waals surface area contributed by atoms with Gasteiger partial charge in [-0.05, 0) is 11.1 Å². The van der Waals surface area contributed by atoms with Crippen molar-refractivity contribution < 1.29 is 9.90 Å². The number of aliphatic hydroxyl groups excluding tert-OH is 1. The number of rotatable bonds is 5. The Hall–Kier alpha value is -2.13. The topological polar surface area (TPSA) is 40.5 Å². The highest BCUT2D eigenvalue weighted by Gasteiger charge is 2.19. The lowest BCUT2D eigenvalue weighted by atomic mass is 10.1. The monoisotopic (exact) mass is 269 g/mol. The van der Waals surface area contributed by atoms with E-state index >= 15 is 0 Å². The van der Waals surface area contributed by atoms with Crippen molar-refractivity contribution in [3.8, 4) is 0 Å². The smallest absolute Gasteiger partial charge is 0.251 e. The minimum Gasteiger partial charge on any atom is -0.383 e. The van der Waals surface area contributed by atoms with Crippen molar-refractivity contribution >= 4 is 5.91 Å². The predicted octanol–water partition coefficient (Wildman–Crippen LogP) is 2.25. The van der Waals surface area contributed by atoms with Crippen molar-refractivity contribution in [2.75, 3.05) is 7.05 Å². The molecule has 0 radical (unpaired) electrons. The molecule has 2 aromatic rings. The summed E-state index contributed by atoms with van der Waals surface area (Å²) in [5, 5.41) is 10.0. The van der Waals surface area contributed by atoms with Crippen LogP contribution in [0.3, 0.4) is 0 Å². The van der Waals surface area contributed by atoms with E-state index in [2.05, 4.69) is 0 Å². The van der Waals surface area contributed by atoms with Crippen LogP contribution in [-0.2, 0) is 17.8 Å². The molecule has 0 aromatic heterocycles. The number of likely N-dealkylation sites (N-methyl/N-ethyl adjacent to an activating group) is 1. The predicted molar refractivity (Wildman–Crippen MR) is 79.1 cm³/mol. The molecule has 3 nitrogen and oxygen atoms in total. The van der Waals surface area contributed by atoms with Gasteiger partial charge in [0.15, 0.2) is 0 Å². The van der Waals surface area contributed by atoms with Gasteiger partial charge in [-0.3, -0.25) is 4.79 Å². The van der Waals surface area contributed by atoms with Crippen LogP contribution in [0.2, 0.25) is 0 Å². The van der Waals surface area contributed by atoms with E-state index in [0.29, 0.717) is 13.0 Å². The zero-order valence-electron chi connectivity index (χ0n) is 11.6. The maximum Gasteiger partial charge on any atom is 0.251 e. The molecule has 1 unspecified atom stereocenters. The van der Waals surface area contributed by atoms with Gasteiger partial charge in [-0.25, -0.2) is 0 Å². The van der Waals surface area contributed by atoms with Crippen LogP contribution in [0.25, 0.3) is 0 Å². The fourth-order valence-corrected chi connectivity index (χ4v) is 2.11. The Bertz CT molecular complexity index is 490.